The molecular weight excluding hydrogens is 381 g/mol. The molecule has 142 valence electrons. The highest BCUT2D eigenvalue weighted by Gasteiger charge is 2.40. The van der Waals surface area contributed by atoms with Gasteiger partial charge in [0.25, 0.3) is 0 Å². The molecule has 0 radical (unpaired) electrons. The first-order valence-electron chi connectivity index (χ1n) is 9.41. The van der Waals surface area contributed by atoms with Crippen LogP contribution in [-0.4, -0.2) is 19.8 Å². The van der Waals surface area contributed by atoms with Crippen LogP contribution in [0, 0.1) is 5.92 Å². The Morgan fingerprint density at radius 1 is 1.07 bits per heavy atom. The molecule has 0 bridgehead atoms. The van der Waals surface area contributed by atoms with Gasteiger partial charge >= 0.3 is 0 Å². The van der Waals surface area contributed by atoms with E-state index in [0.29, 0.717) is 41.7 Å². The minimum atomic E-state index is 0.0374. The number of fused-ring (bicyclic) bond motifs is 3. The van der Waals surface area contributed by atoms with Crippen LogP contribution < -0.4 is 10.1 Å². The van der Waals surface area contributed by atoms with E-state index in [0.717, 1.165) is 23.4 Å². The Labute approximate surface area is 170 Å². The van der Waals surface area contributed by atoms with Gasteiger partial charge in [-0.05, 0) is 43.0 Å². The summed E-state index contributed by atoms with van der Waals surface area (Å²) in [5.74, 6) is 1.56. The summed E-state index contributed by atoms with van der Waals surface area (Å²) < 4.78 is 11.4. The van der Waals surface area contributed by atoms with E-state index in [9.17, 15) is 0 Å². The summed E-state index contributed by atoms with van der Waals surface area (Å²) in [5.41, 5.74) is 3.26. The van der Waals surface area contributed by atoms with Gasteiger partial charge < -0.3 is 14.8 Å². The zero-order chi connectivity index (χ0) is 18.8. The fourth-order valence-electron chi connectivity index (χ4n) is 4.16. The Balaban J connectivity index is 1.70. The monoisotopic (exact) mass is 403 g/mol. The highest BCUT2D eigenvalue weighted by atomic mass is 35.5. The van der Waals surface area contributed by atoms with Crippen LogP contribution in [-0.2, 0) is 4.74 Å². The molecule has 2 aliphatic rings. The molecule has 1 aliphatic carbocycles. The molecule has 0 amide bonds. The van der Waals surface area contributed by atoms with Crippen molar-refractivity contribution in [1.29, 1.82) is 0 Å². The lowest BCUT2D eigenvalue weighted by Gasteiger charge is -2.38. The van der Waals surface area contributed by atoms with Crippen molar-refractivity contribution in [2.75, 3.05) is 25.1 Å². The maximum Gasteiger partial charge on any atom is 0.142 e. The van der Waals surface area contributed by atoms with E-state index in [2.05, 4.69) is 29.6 Å². The third-order valence-corrected chi connectivity index (χ3v) is 6.02. The van der Waals surface area contributed by atoms with E-state index >= 15 is 0 Å². The first-order valence-corrected chi connectivity index (χ1v) is 10.2. The van der Waals surface area contributed by atoms with Gasteiger partial charge in [-0.2, -0.15) is 0 Å². The summed E-state index contributed by atoms with van der Waals surface area (Å²) in [6.45, 7) is 3.77. The third kappa shape index (κ3) is 3.56. The molecule has 0 fully saturated rings. The zero-order valence-electron chi connectivity index (χ0n) is 15.3. The van der Waals surface area contributed by atoms with Crippen molar-refractivity contribution < 1.29 is 9.47 Å². The number of hydrogen-bond donors (Lipinski definition) is 1. The maximum absolute atomic E-state index is 6.55. The Hall–Kier alpha value is -1.68. The third-order valence-electron chi connectivity index (χ3n) is 5.36. The van der Waals surface area contributed by atoms with Crippen molar-refractivity contribution in [2.45, 2.75) is 25.3 Å². The minimum absolute atomic E-state index is 0.0374. The Morgan fingerprint density at radius 3 is 2.63 bits per heavy atom. The summed E-state index contributed by atoms with van der Waals surface area (Å²) in [6.07, 6.45) is 5.55. The molecule has 5 heteroatoms. The number of para-hydroxylation sites is 1. The summed E-state index contributed by atoms with van der Waals surface area (Å²) in [4.78, 5) is 0. The van der Waals surface area contributed by atoms with Crippen LogP contribution in [0.15, 0.2) is 48.6 Å². The van der Waals surface area contributed by atoms with E-state index in [1.54, 1.807) is 0 Å². The molecule has 3 atom stereocenters. The molecule has 3 unspecified atom stereocenters. The molecule has 3 nitrogen and oxygen atoms in total. The lowest BCUT2D eigenvalue weighted by molar-refractivity contribution is 0.110. The van der Waals surface area contributed by atoms with Gasteiger partial charge in [-0.3, -0.25) is 0 Å². The van der Waals surface area contributed by atoms with Crippen molar-refractivity contribution in [3.63, 3.8) is 0 Å². The van der Waals surface area contributed by atoms with Crippen LogP contribution in [0.3, 0.4) is 0 Å². The van der Waals surface area contributed by atoms with Crippen LogP contribution in [0.5, 0.6) is 5.75 Å². The molecule has 1 aliphatic heterocycles. The van der Waals surface area contributed by atoms with Crippen molar-refractivity contribution >= 4 is 28.9 Å². The van der Waals surface area contributed by atoms with Crippen molar-refractivity contribution in [1.82, 2.24) is 0 Å². The largest absolute Gasteiger partial charge is 0.489 e. The van der Waals surface area contributed by atoms with Crippen LogP contribution in [0.25, 0.3) is 0 Å². The quantitative estimate of drug-likeness (QED) is 0.457. The zero-order valence-corrected chi connectivity index (χ0v) is 16.8. The summed E-state index contributed by atoms with van der Waals surface area (Å²) in [7, 11) is 0. The molecule has 1 heterocycles. The first-order chi connectivity index (χ1) is 13.2. The number of nitrogens with one attached hydrogen (secondary N) is 1. The van der Waals surface area contributed by atoms with Gasteiger partial charge in [0.15, 0.2) is 0 Å². The van der Waals surface area contributed by atoms with E-state index in [1.807, 2.05) is 31.2 Å². The number of benzene rings is 2. The second kappa shape index (κ2) is 8.14. The average Bonchev–Trinajstić information content (AvgIpc) is 3.15. The average molecular weight is 404 g/mol. The van der Waals surface area contributed by atoms with Crippen molar-refractivity contribution in [3.8, 4) is 5.75 Å². The van der Waals surface area contributed by atoms with E-state index in [4.69, 9.17) is 32.7 Å². The molecule has 0 saturated carbocycles. The maximum atomic E-state index is 6.55. The van der Waals surface area contributed by atoms with Crippen LogP contribution in [0.1, 0.15) is 36.4 Å². The van der Waals surface area contributed by atoms with Crippen LogP contribution in [0.2, 0.25) is 10.0 Å². The number of rotatable bonds is 6. The Bertz CT molecular complexity index is 832. The Morgan fingerprint density at radius 2 is 1.85 bits per heavy atom. The van der Waals surface area contributed by atoms with Gasteiger partial charge in [0.1, 0.15) is 12.4 Å². The van der Waals surface area contributed by atoms with E-state index in [1.165, 1.54) is 5.56 Å². The fourth-order valence-corrected chi connectivity index (χ4v) is 4.79. The fraction of sp³-hybridized carbons (Fsp3) is 0.364. The molecule has 27 heavy (non-hydrogen) atoms. The molecule has 1 N–H and O–H groups in total. The van der Waals surface area contributed by atoms with Crippen molar-refractivity contribution in [3.05, 3.63) is 69.7 Å². The van der Waals surface area contributed by atoms with Crippen LogP contribution in [0.4, 0.5) is 5.69 Å². The predicted molar refractivity (Wildman–Crippen MR) is 111 cm³/mol. The number of ether oxygens (including phenoxy) is 2. The summed E-state index contributed by atoms with van der Waals surface area (Å²) in [6, 6.07) is 12.0. The number of allylic oxidation sites excluding steroid dienone is 2. The standard InChI is InChI=1S/C22H23Cl2NO2/c1-2-26-12-13-27-19-11-4-8-15-14-6-3-7-16(14)22(25-21(15)19)20-17(23)9-5-10-18(20)24/h3-6,8-11,14,16,22,25H,2,7,12-13H2,1H3. The van der Waals surface area contributed by atoms with Gasteiger partial charge in [-0.25, -0.2) is 0 Å². The molecule has 4 rings (SSSR count). The Kier molecular flexibility index (Phi) is 5.63. The van der Waals surface area contributed by atoms with Crippen molar-refractivity contribution in [2.24, 2.45) is 5.92 Å². The second-order valence-corrected chi connectivity index (χ2v) is 7.69. The first kappa shape index (κ1) is 18.7. The van der Waals surface area contributed by atoms with E-state index in [-0.39, 0.29) is 6.04 Å². The highest BCUT2D eigenvalue weighted by Crippen LogP contribution is 2.53. The molecule has 2 aromatic carbocycles. The molecule has 0 saturated heterocycles. The topological polar surface area (TPSA) is 30.5 Å². The highest BCUT2D eigenvalue weighted by molar-refractivity contribution is 6.36. The second-order valence-electron chi connectivity index (χ2n) is 6.88. The minimum Gasteiger partial charge on any atom is -0.489 e. The van der Waals surface area contributed by atoms with Gasteiger partial charge in [0, 0.05) is 28.1 Å². The van der Waals surface area contributed by atoms with Crippen LogP contribution >= 0.6 is 23.2 Å². The van der Waals surface area contributed by atoms with Gasteiger partial charge in [-0.15, -0.1) is 0 Å². The number of halogens is 2. The summed E-state index contributed by atoms with van der Waals surface area (Å²) >= 11 is 13.1. The molecule has 0 aromatic heterocycles. The van der Waals surface area contributed by atoms with Gasteiger partial charge in [-0.1, -0.05) is 53.6 Å². The number of anilines is 1. The molecule has 0 spiro atoms. The molecular formula is C22H23Cl2NO2. The molecule has 2 aromatic rings. The van der Waals surface area contributed by atoms with E-state index < -0.39 is 0 Å². The predicted octanol–water partition coefficient (Wildman–Crippen LogP) is 6.24. The lowest BCUT2D eigenvalue weighted by Crippen LogP contribution is -2.30. The lowest BCUT2D eigenvalue weighted by atomic mass is 9.77. The summed E-state index contributed by atoms with van der Waals surface area (Å²) in [5, 5.41) is 5.10. The van der Waals surface area contributed by atoms with Gasteiger partial charge in [0.05, 0.1) is 18.3 Å². The number of hydrogen-bond acceptors (Lipinski definition) is 3. The normalized spacial score (nSPS) is 22.9. The smallest absolute Gasteiger partial charge is 0.142 e. The SMILES string of the molecule is CCOCCOc1cccc2c1NC(c1c(Cl)cccc1Cl)C1CC=CC21. The van der Waals surface area contributed by atoms with Gasteiger partial charge in [0.2, 0.25) is 0 Å².